The highest BCUT2D eigenvalue weighted by atomic mass is 32.1. The predicted molar refractivity (Wildman–Crippen MR) is 116 cm³/mol. The Morgan fingerprint density at radius 2 is 1.97 bits per heavy atom. The van der Waals surface area contributed by atoms with Gasteiger partial charge >= 0.3 is 0 Å². The molecule has 1 atom stereocenters. The highest BCUT2D eigenvalue weighted by molar-refractivity contribution is 7.15. The number of nitrogens with one attached hydrogen (secondary N) is 1. The fraction of sp³-hybridized carbons (Fsp3) is 0.304. The van der Waals surface area contributed by atoms with Crippen LogP contribution in [0.15, 0.2) is 54.6 Å². The molecular weight excluding hydrogens is 382 g/mol. The van der Waals surface area contributed by atoms with Crippen molar-refractivity contribution in [3.8, 4) is 5.75 Å². The van der Waals surface area contributed by atoms with E-state index in [4.69, 9.17) is 4.74 Å². The maximum atomic E-state index is 12.5. The van der Waals surface area contributed by atoms with E-state index in [0.29, 0.717) is 10.9 Å². The Hall–Kier alpha value is -2.70. The summed E-state index contributed by atoms with van der Waals surface area (Å²) in [6.45, 7) is 6.55. The van der Waals surface area contributed by atoms with Gasteiger partial charge in [-0.2, -0.15) is 0 Å². The number of hydrogen-bond donors (Lipinski definition) is 1. The zero-order chi connectivity index (χ0) is 20.2. The van der Waals surface area contributed by atoms with E-state index in [1.807, 2.05) is 37.3 Å². The molecule has 5 nitrogen and oxygen atoms in total. The van der Waals surface area contributed by atoms with E-state index in [9.17, 15) is 4.79 Å². The average Bonchev–Trinajstić information content (AvgIpc) is 3.12. The summed E-state index contributed by atoms with van der Waals surface area (Å²) in [5, 5.41) is 3.57. The Bertz CT molecular complexity index is 970. The lowest BCUT2D eigenvalue weighted by atomic mass is 10.1. The van der Waals surface area contributed by atoms with Gasteiger partial charge in [0.2, 0.25) is 0 Å². The van der Waals surface area contributed by atoms with Gasteiger partial charge in [0.05, 0.1) is 5.69 Å². The molecule has 1 aliphatic heterocycles. The number of thiazole rings is 1. The van der Waals surface area contributed by atoms with E-state index in [1.54, 1.807) is 18.3 Å². The Morgan fingerprint density at radius 1 is 1.21 bits per heavy atom. The van der Waals surface area contributed by atoms with Crippen molar-refractivity contribution in [3.05, 3.63) is 76.3 Å². The lowest BCUT2D eigenvalue weighted by Crippen LogP contribution is -2.30. The van der Waals surface area contributed by atoms with Crippen LogP contribution >= 0.6 is 11.3 Å². The first kappa shape index (κ1) is 19.6. The number of rotatable bonds is 6. The molecule has 1 N–H and O–H groups in total. The molecule has 0 spiro atoms. The second-order valence-corrected chi connectivity index (χ2v) is 8.48. The van der Waals surface area contributed by atoms with Gasteiger partial charge in [0.15, 0.2) is 11.2 Å². The number of aryl methyl sites for hydroxylation is 1. The number of fused-ring (bicyclic) bond motifs is 1. The molecule has 3 aromatic rings. The summed E-state index contributed by atoms with van der Waals surface area (Å²) in [5.74, 6) is 0.506. The molecule has 0 saturated carbocycles. The topological polar surface area (TPSA) is 54.5 Å². The smallest absolute Gasteiger partial charge is 0.266 e. The Morgan fingerprint density at radius 3 is 2.72 bits per heavy atom. The molecule has 150 valence electrons. The van der Waals surface area contributed by atoms with Crippen molar-refractivity contribution >= 4 is 22.4 Å². The minimum atomic E-state index is -0.590. The molecule has 4 rings (SSSR count). The number of ether oxygens (including phenoxy) is 1. The molecule has 1 aliphatic rings. The summed E-state index contributed by atoms with van der Waals surface area (Å²) in [5.41, 5.74) is 3.57. The lowest BCUT2D eigenvalue weighted by molar-refractivity contribution is -0.122. The second kappa shape index (κ2) is 8.76. The quantitative estimate of drug-likeness (QED) is 0.657. The van der Waals surface area contributed by atoms with Crippen molar-refractivity contribution < 1.29 is 9.53 Å². The molecule has 0 radical (unpaired) electrons. The van der Waals surface area contributed by atoms with Crippen LogP contribution in [0.2, 0.25) is 0 Å². The maximum Gasteiger partial charge on any atom is 0.266 e. The molecule has 1 unspecified atom stereocenters. The molecule has 0 saturated heterocycles. The average molecular weight is 408 g/mol. The van der Waals surface area contributed by atoms with Gasteiger partial charge < -0.3 is 4.74 Å². The molecule has 0 aliphatic carbocycles. The van der Waals surface area contributed by atoms with Gasteiger partial charge in [-0.1, -0.05) is 48.0 Å². The van der Waals surface area contributed by atoms with Crippen molar-refractivity contribution in [3.63, 3.8) is 0 Å². The zero-order valence-electron chi connectivity index (χ0n) is 16.7. The van der Waals surface area contributed by atoms with Crippen molar-refractivity contribution in [1.29, 1.82) is 0 Å². The second-order valence-electron chi connectivity index (χ2n) is 7.40. The highest BCUT2D eigenvalue weighted by Crippen LogP contribution is 2.29. The van der Waals surface area contributed by atoms with Gasteiger partial charge in [0.25, 0.3) is 5.91 Å². The highest BCUT2D eigenvalue weighted by Gasteiger charge is 2.23. The summed E-state index contributed by atoms with van der Waals surface area (Å²) in [6.07, 6.45) is 0.317. The normalized spacial score (nSPS) is 14.8. The SMILES string of the molecule is Cc1ccc(OC(C)C(=O)Nc2nc3c(s2)CN(Cc2ccccc2)CC3)cc1. The van der Waals surface area contributed by atoms with Crippen LogP contribution in [-0.4, -0.2) is 28.4 Å². The number of amides is 1. The molecule has 29 heavy (non-hydrogen) atoms. The van der Waals surface area contributed by atoms with Gasteiger partial charge in [0.1, 0.15) is 5.75 Å². The summed E-state index contributed by atoms with van der Waals surface area (Å²) in [4.78, 5) is 20.8. The van der Waals surface area contributed by atoms with Crippen LogP contribution in [0.1, 0.15) is 28.6 Å². The third kappa shape index (κ3) is 5.02. The fourth-order valence-corrected chi connectivity index (χ4v) is 4.41. The van der Waals surface area contributed by atoms with Gasteiger partial charge in [-0.15, -0.1) is 11.3 Å². The standard InChI is InChI=1S/C23H25N3O2S/c1-16-8-10-19(11-9-16)28-17(2)22(27)25-23-24-20-12-13-26(15-21(20)29-23)14-18-6-4-3-5-7-18/h3-11,17H,12-15H2,1-2H3,(H,24,25,27). The lowest BCUT2D eigenvalue weighted by Gasteiger charge is -2.25. The van der Waals surface area contributed by atoms with Gasteiger partial charge in [-0.25, -0.2) is 4.98 Å². The van der Waals surface area contributed by atoms with Gasteiger partial charge in [-0.05, 0) is 31.5 Å². The first-order chi connectivity index (χ1) is 14.1. The van der Waals surface area contributed by atoms with E-state index in [0.717, 1.165) is 37.3 Å². The number of benzene rings is 2. The number of carbonyl (C=O) groups is 1. The van der Waals surface area contributed by atoms with Crippen LogP contribution in [0.3, 0.4) is 0 Å². The van der Waals surface area contributed by atoms with E-state index in [2.05, 4.69) is 39.5 Å². The monoisotopic (exact) mass is 407 g/mol. The van der Waals surface area contributed by atoms with Gasteiger partial charge in [0, 0.05) is 30.9 Å². The van der Waals surface area contributed by atoms with E-state index >= 15 is 0 Å². The first-order valence-corrected chi connectivity index (χ1v) is 10.7. The minimum absolute atomic E-state index is 0.183. The Kier molecular flexibility index (Phi) is 5.92. The van der Waals surface area contributed by atoms with E-state index in [1.165, 1.54) is 10.4 Å². The van der Waals surface area contributed by atoms with Crippen LogP contribution in [0, 0.1) is 6.92 Å². The number of hydrogen-bond acceptors (Lipinski definition) is 5. The largest absolute Gasteiger partial charge is 0.481 e. The minimum Gasteiger partial charge on any atom is -0.481 e. The molecule has 0 fully saturated rings. The van der Waals surface area contributed by atoms with Crippen LogP contribution in [-0.2, 0) is 24.3 Å². The third-order valence-electron chi connectivity index (χ3n) is 4.99. The summed E-state index contributed by atoms with van der Waals surface area (Å²) in [7, 11) is 0. The number of aromatic nitrogens is 1. The molecular formula is C23H25N3O2S. The molecule has 2 aromatic carbocycles. The van der Waals surface area contributed by atoms with E-state index < -0.39 is 6.10 Å². The summed E-state index contributed by atoms with van der Waals surface area (Å²) >= 11 is 1.56. The van der Waals surface area contributed by atoms with E-state index in [-0.39, 0.29) is 5.91 Å². The summed E-state index contributed by atoms with van der Waals surface area (Å²) in [6, 6.07) is 18.2. The van der Waals surface area contributed by atoms with Crippen LogP contribution in [0.5, 0.6) is 5.75 Å². The van der Waals surface area contributed by atoms with Crippen molar-refractivity contribution in [2.75, 3.05) is 11.9 Å². The molecule has 0 bridgehead atoms. The number of carbonyl (C=O) groups excluding carboxylic acids is 1. The summed E-state index contributed by atoms with van der Waals surface area (Å²) < 4.78 is 5.75. The first-order valence-electron chi connectivity index (χ1n) is 9.86. The molecule has 1 aromatic heterocycles. The fourth-order valence-electron chi connectivity index (χ4n) is 3.36. The van der Waals surface area contributed by atoms with Gasteiger partial charge in [-0.3, -0.25) is 15.0 Å². The number of anilines is 1. The Labute approximate surface area is 175 Å². The maximum absolute atomic E-state index is 12.5. The van der Waals surface area contributed by atoms with Crippen LogP contribution < -0.4 is 10.1 Å². The number of nitrogens with zero attached hydrogens (tertiary/aromatic N) is 2. The van der Waals surface area contributed by atoms with Crippen molar-refractivity contribution in [2.45, 2.75) is 39.5 Å². The Balaban J connectivity index is 1.35. The van der Waals surface area contributed by atoms with Crippen molar-refractivity contribution in [2.24, 2.45) is 0 Å². The van der Waals surface area contributed by atoms with Crippen molar-refractivity contribution in [1.82, 2.24) is 9.88 Å². The molecule has 1 amide bonds. The third-order valence-corrected chi connectivity index (χ3v) is 5.99. The molecule has 6 heteroatoms. The molecule has 2 heterocycles. The van der Waals surface area contributed by atoms with Crippen LogP contribution in [0.4, 0.5) is 5.13 Å². The predicted octanol–water partition coefficient (Wildman–Crippen LogP) is 4.42. The van der Waals surface area contributed by atoms with Crippen LogP contribution in [0.25, 0.3) is 0 Å². The zero-order valence-corrected chi connectivity index (χ0v) is 17.5.